The van der Waals surface area contributed by atoms with Gasteiger partial charge in [0.2, 0.25) is 0 Å². The molecule has 4 rings (SSSR count). The van der Waals surface area contributed by atoms with Gasteiger partial charge in [-0.3, -0.25) is 9.58 Å². The maximum absolute atomic E-state index is 11.4. The van der Waals surface area contributed by atoms with Crippen molar-refractivity contribution in [3.63, 3.8) is 0 Å². The predicted molar refractivity (Wildman–Crippen MR) is 92.1 cm³/mol. The lowest BCUT2D eigenvalue weighted by molar-refractivity contribution is 0.0694. The van der Waals surface area contributed by atoms with Gasteiger partial charge in [-0.1, -0.05) is 12.1 Å². The molecule has 6 nitrogen and oxygen atoms in total. The fourth-order valence-corrected chi connectivity index (χ4v) is 3.49. The van der Waals surface area contributed by atoms with Crippen LogP contribution in [0, 0.1) is 0 Å². The van der Waals surface area contributed by atoms with E-state index in [0.717, 1.165) is 54.3 Å². The monoisotopic (exact) mass is 337 g/mol. The smallest absolute Gasteiger partial charge is 0.335 e. The van der Waals surface area contributed by atoms with Crippen LogP contribution in [0.2, 0.25) is 0 Å². The second-order valence-electron chi connectivity index (χ2n) is 6.33. The molecule has 0 atom stereocenters. The van der Waals surface area contributed by atoms with Gasteiger partial charge in [0, 0.05) is 26.7 Å². The van der Waals surface area contributed by atoms with E-state index >= 15 is 0 Å². The van der Waals surface area contributed by atoms with E-state index in [9.17, 15) is 9.90 Å². The van der Waals surface area contributed by atoms with Gasteiger partial charge < -0.3 is 9.52 Å². The van der Waals surface area contributed by atoms with Gasteiger partial charge in [0.25, 0.3) is 0 Å². The van der Waals surface area contributed by atoms with Crippen LogP contribution in [0.15, 0.2) is 47.1 Å². The Morgan fingerprint density at radius 2 is 2.20 bits per heavy atom. The van der Waals surface area contributed by atoms with Gasteiger partial charge in [0.15, 0.2) is 5.76 Å². The highest BCUT2D eigenvalue weighted by molar-refractivity contribution is 5.89. The van der Waals surface area contributed by atoms with E-state index in [4.69, 9.17) is 4.42 Å². The summed E-state index contributed by atoms with van der Waals surface area (Å²) in [5.74, 6) is -0.0468. The number of carboxylic acid groups (broad SMARTS) is 1. The van der Waals surface area contributed by atoms with E-state index in [2.05, 4.69) is 10.00 Å². The lowest BCUT2D eigenvalue weighted by Crippen LogP contribution is -2.31. The van der Waals surface area contributed by atoms with Crippen molar-refractivity contribution in [1.82, 2.24) is 14.7 Å². The number of hydrogen-bond donors (Lipinski definition) is 1. The Bertz CT molecular complexity index is 912. The molecule has 0 amide bonds. The topological polar surface area (TPSA) is 71.5 Å². The fourth-order valence-electron chi connectivity index (χ4n) is 3.49. The molecule has 3 aromatic rings. The van der Waals surface area contributed by atoms with Crippen molar-refractivity contribution in [2.75, 3.05) is 6.54 Å². The summed E-state index contributed by atoms with van der Waals surface area (Å²) in [6.45, 7) is 2.29. The first kappa shape index (κ1) is 15.7. The van der Waals surface area contributed by atoms with Crippen LogP contribution >= 0.6 is 0 Å². The number of benzene rings is 1. The lowest BCUT2D eigenvalue weighted by atomic mass is 9.94. The summed E-state index contributed by atoms with van der Waals surface area (Å²) >= 11 is 0. The molecule has 0 saturated heterocycles. The molecule has 0 fully saturated rings. The van der Waals surface area contributed by atoms with Gasteiger partial charge in [-0.2, -0.15) is 5.10 Å². The van der Waals surface area contributed by atoms with E-state index in [1.54, 1.807) is 12.3 Å². The van der Waals surface area contributed by atoms with Crippen LogP contribution in [-0.2, 0) is 26.6 Å². The van der Waals surface area contributed by atoms with Gasteiger partial charge in [-0.25, -0.2) is 4.79 Å². The highest BCUT2D eigenvalue weighted by Crippen LogP contribution is 2.25. The summed E-state index contributed by atoms with van der Waals surface area (Å²) in [6, 6.07) is 11.4. The zero-order valence-electron chi connectivity index (χ0n) is 14.0. The molecule has 0 unspecified atom stereocenters. The zero-order valence-corrected chi connectivity index (χ0v) is 14.0. The van der Waals surface area contributed by atoms with Gasteiger partial charge in [-0.05, 0) is 41.8 Å². The van der Waals surface area contributed by atoms with E-state index < -0.39 is 5.97 Å². The first-order chi connectivity index (χ1) is 12.1. The first-order valence-electron chi connectivity index (χ1n) is 8.25. The van der Waals surface area contributed by atoms with Gasteiger partial charge in [0.1, 0.15) is 5.69 Å². The van der Waals surface area contributed by atoms with Crippen LogP contribution in [0.4, 0.5) is 0 Å². The third-order valence-corrected chi connectivity index (χ3v) is 4.67. The number of furan rings is 1. The van der Waals surface area contributed by atoms with E-state index in [0.29, 0.717) is 5.56 Å². The van der Waals surface area contributed by atoms with Gasteiger partial charge in [0.05, 0.1) is 17.5 Å². The molecule has 0 saturated carbocycles. The van der Waals surface area contributed by atoms with E-state index in [1.807, 2.05) is 42.1 Å². The van der Waals surface area contributed by atoms with E-state index in [-0.39, 0.29) is 0 Å². The molecular weight excluding hydrogens is 318 g/mol. The fraction of sp³-hybridized carbons (Fsp3) is 0.263. The molecule has 0 radical (unpaired) electrons. The Morgan fingerprint density at radius 1 is 1.32 bits per heavy atom. The molecule has 1 aliphatic rings. The van der Waals surface area contributed by atoms with Crippen molar-refractivity contribution in [3.05, 3.63) is 65.0 Å². The van der Waals surface area contributed by atoms with Gasteiger partial charge in [-0.15, -0.1) is 0 Å². The largest absolute Gasteiger partial charge is 0.478 e. The minimum atomic E-state index is -0.849. The SMILES string of the molecule is Cn1nc(CN2CCc3c(cccc3C(=O)O)C2)cc1-c1ccco1. The minimum Gasteiger partial charge on any atom is -0.478 e. The Labute approximate surface area is 145 Å². The number of fused-ring (bicyclic) bond motifs is 1. The summed E-state index contributed by atoms with van der Waals surface area (Å²) in [5, 5.41) is 13.9. The quantitative estimate of drug-likeness (QED) is 0.792. The Kier molecular flexibility index (Phi) is 3.89. The van der Waals surface area contributed by atoms with Crippen molar-refractivity contribution in [2.24, 2.45) is 7.05 Å². The zero-order chi connectivity index (χ0) is 17.4. The molecule has 25 heavy (non-hydrogen) atoms. The number of aromatic nitrogens is 2. The summed E-state index contributed by atoms with van der Waals surface area (Å²) < 4.78 is 7.28. The first-order valence-corrected chi connectivity index (χ1v) is 8.25. The van der Waals surface area contributed by atoms with Crippen molar-refractivity contribution in [1.29, 1.82) is 0 Å². The summed E-state index contributed by atoms with van der Waals surface area (Å²) in [4.78, 5) is 13.7. The Hall–Kier alpha value is -2.86. The number of nitrogens with zero attached hydrogens (tertiary/aromatic N) is 3. The van der Waals surface area contributed by atoms with Crippen molar-refractivity contribution in [3.8, 4) is 11.5 Å². The third-order valence-electron chi connectivity index (χ3n) is 4.67. The van der Waals surface area contributed by atoms with Crippen LogP contribution in [0.3, 0.4) is 0 Å². The van der Waals surface area contributed by atoms with Crippen LogP contribution in [-0.4, -0.2) is 32.3 Å². The summed E-state index contributed by atoms with van der Waals surface area (Å²) in [7, 11) is 1.91. The standard InChI is InChI=1S/C19H19N3O3/c1-21-17(18-6-3-9-25-18)10-14(20-21)12-22-8-7-15-13(11-22)4-2-5-16(15)19(23)24/h2-6,9-10H,7-8,11-12H2,1H3,(H,23,24). The normalized spacial score (nSPS) is 14.4. The molecule has 0 spiro atoms. The van der Waals surface area contributed by atoms with Crippen LogP contribution < -0.4 is 0 Å². The summed E-state index contributed by atoms with van der Waals surface area (Å²) in [5.41, 5.74) is 4.41. The highest BCUT2D eigenvalue weighted by Gasteiger charge is 2.22. The second kappa shape index (κ2) is 6.22. The predicted octanol–water partition coefficient (Wildman–Crippen LogP) is 2.94. The van der Waals surface area contributed by atoms with Crippen molar-refractivity contribution >= 4 is 5.97 Å². The number of carboxylic acids is 1. The number of aryl methyl sites for hydroxylation is 1. The Morgan fingerprint density at radius 3 is 2.96 bits per heavy atom. The molecule has 0 aliphatic carbocycles. The van der Waals surface area contributed by atoms with Crippen LogP contribution in [0.25, 0.3) is 11.5 Å². The third kappa shape index (κ3) is 2.96. The molecule has 1 aromatic carbocycles. The molecule has 128 valence electrons. The van der Waals surface area contributed by atoms with Crippen LogP contribution in [0.5, 0.6) is 0 Å². The average molecular weight is 337 g/mol. The highest BCUT2D eigenvalue weighted by atomic mass is 16.4. The molecule has 1 aliphatic heterocycles. The number of rotatable bonds is 4. The minimum absolute atomic E-state index is 0.426. The maximum atomic E-state index is 11.4. The molecular formula is C19H19N3O3. The molecule has 1 N–H and O–H groups in total. The van der Waals surface area contributed by atoms with Crippen molar-refractivity contribution in [2.45, 2.75) is 19.5 Å². The molecule has 0 bridgehead atoms. The lowest BCUT2D eigenvalue weighted by Gasteiger charge is -2.28. The summed E-state index contributed by atoms with van der Waals surface area (Å²) in [6.07, 6.45) is 2.40. The number of hydrogen-bond acceptors (Lipinski definition) is 4. The second-order valence-corrected chi connectivity index (χ2v) is 6.33. The number of carbonyl (C=O) groups is 1. The van der Waals surface area contributed by atoms with Crippen molar-refractivity contribution < 1.29 is 14.3 Å². The van der Waals surface area contributed by atoms with Crippen LogP contribution in [0.1, 0.15) is 27.2 Å². The Balaban J connectivity index is 1.53. The molecule has 6 heteroatoms. The molecule has 2 aromatic heterocycles. The average Bonchev–Trinajstić information content (AvgIpc) is 3.23. The number of aromatic carboxylic acids is 1. The van der Waals surface area contributed by atoms with Gasteiger partial charge >= 0.3 is 5.97 Å². The molecule has 3 heterocycles. The maximum Gasteiger partial charge on any atom is 0.335 e. The van der Waals surface area contributed by atoms with E-state index in [1.165, 1.54) is 0 Å².